The Morgan fingerprint density at radius 2 is 2.06 bits per heavy atom. The van der Waals surface area contributed by atoms with Gasteiger partial charge in [-0.25, -0.2) is 0 Å². The van der Waals surface area contributed by atoms with E-state index in [1.54, 1.807) is 7.11 Å². The molecule has 3 rings (SSSR count). The second kappa shape index (κ2) is 4.88. The minimum absolute atomic E-state index is 0.0661. The summed E-state index contributed by atoms with van der Waals surface area (Å²) in [7, 11) is 1.72. The highest BCUT2D eigenvalue weighted by atomic mass is 16.5. The van der Waals surface area contributed by atoms with Crippen LogP contribution in [0.4, 0.5) is 0 Å². The molecule has 2 heterocycles. The molecule has 0 unspecified atom stereocenters. The maximum Gasteiger partial charge on any atom is 0.119 e. The molecule has 0 saturated carbocycles. The summed E-state index contributed by atoms with van der Waals surface area (Å²) in [6.07, 6.45) is 0. The summed E-state index contributed by atoms with van der Waals surface area (Å²) in [5.41, 5.74) is 1.38. The minimum atomic E-state index is 0.0661. The van der Waals surface area contributed by atoms with E-state index in [-0.39, 0.29) is 5.54 Å². The van der Waals surface area contributed by atoms with Gasteiger partial charge in [-0.3, -0.25) is 4.90 Å². The number of nitrogens with zero attached hydrogens (tertiary/aromatic N) is 1. The first-order valence-electron chi connectivity index (χ1n) is 6.53. The van der Waals surface area contributed by atoms with E-state index in [1.807, 2.05) is 6.07 Å². The zero-order valence-corrected chi connectivity index (χ0v) is 10.8. The molecule has 0 spiro atoms. The fourth-order valence-corrected chi connectivity index (χ4v) is 2.83. The van der Waals surface area contributed by atoms with Crippen molar-refractivity contribution in [3.05, 3.63) is 29.8 Å². The van der Waals surface area contributed by atoms with Gasteiger partial charge in [-0.15, -0.1) is 0 Å². The van der Waals surface area contributed by atoms with Gasteiger partial charge < -0.3 is 14.8 Å². The Kier molecular flexibility index (Phi) is 3.24. The van der Waals surface area contributed by atoms with Crippen molar-refractivity contribution in [2.24, 2.45) is 0 Å². The molecule has 2 saturated heterocycles. The van der Waals surface area contributed by atoms with Crippen LogP contribution in [0.15, 0.2) is 24.3 Å². The topological polar surface area (TPSA) is 33.7 Å². The van der Waals surface area contributed by atoms with Gasteiger partial charge in [-0.2, -0.15) is 0 Å². The van der Waals surface area contributed by atoms with E-state index in [9.17, 15) is 0 Å². The summed E-state index contributed by atoms with van der Waals surface area (Å²) in [6, 6.07) is 8.39. The van der Waals surface area contributed by atoms with Crippen LogP contribution in [0.3, 0.4) is 0 Å². The maximum atomic E-state index is 5.52. The van der Waals surface area contributed by atoms with Crippen molar-refractivity contribution in [2.75, 3.05) is 46.5 Å². The van der Waals surface area contributed by atoms with Crippen molar-refractivity contribution in [2.45, 2.75) is 5.54 Å². The fraction of sp³-hybridized carbons (Fsp3) is 0.571. The summed E-state index contributed by atoms with van der Waals surface area (Å²) in [5, 5.41) is 3.40. The van der Waals surface area contributed by atoms with E-state index in [2.05, 4.69) is 28.4 Å². The third kappa shape index (κ3) is 1.90. The first-order chi connectivity index (χ1) is 8.85. The first-order valence-corrected chi connectivity index (χ1v) is 6.53. The van der Waals surface area contributed by atoms with E-state index in [4.69, 9.17) is 9.47 Å². The second-order valence-electron chi connectivity index (χ2n) is 4.99. The quantitative estimate of drug-likeness (QED) is 0.859. The van der Waals surface area contributed by atoms with Crippen LogP contribution >= 0.6 is 0 Å². The largest absolute Gasteiger partial charge is 0.497 e. The van der Waals surface area contributed by atoms with Crippen LogP contribution in [0.25, 0.3) is 0 Å². The van der Waals surface area contributed by atoms with Crippen LogP contribution in [0.5, 0.6) is 5.75 Å². The molecule has 4 heteroatoms. The fourth-order valence-electron chi connectivity index (χ4n) is 2.83. The van der Waals surface area contributed by atoms with Gasteiger partial charge in [0.2, 0.25) is 0 Å². The Bertz CT molecular complexity index is 412. The van der Waals surface area contributed by atoms with Gasteiger partial charge >= 0.3 is 0 Å². The Morgan fingerprint density at radius 1 is 1.28 bits per heavy atom. The molecule has 1 N–H and O–H groups in total. The molecule has 2 fully saturated rings. The maximum absolute atomic E-state index is 5.52. The van der Waals surface area contributed by atoms with Gasteiger partial charge in [0.05, 0.1) is 25.9 Å². The molecule has 2 aliphatic rings. The average molecular weight is 248 g/mol. The lowest BCUT2D eigenvalue weighted by Crippen LogP contribution is -2.63. The number of hydrogen-bond acceptors (Lipinski definition) is 4. The molecule has 1 aromatic rings. The first kappa shape index (κ1) is 12.0. The van der Waals surface area contributed by atoms with Crippen LogP contribution in [0.1, 0.15) is 5.56 Å². The van der Waals surface area contributed by atoms with E-state index in [0.29, 0.717) is 0 Å². The van der Waals surface area contributed by atoms with E-state index in [1.165, 1.54) is 5.56 Å². The van der Waals surface area contributed by atoms with E-state index >= 15 is 0 Å². The third-order valence-electron chi connectivity index (χ3n) is 4.01. The molecule has 1 aromatic carbocycles. The zero-order valence-electron chi connectivity index (χ0n) is 10.8. The average Bonchev–Trinajstić information content (AvgIpc) is 2.39. The van der Waals surface area contributed by atoms with Crippen molar-refractivity contribution in [3.63, 3.8) is 0 Å². The molecule has 98 valence electrons. The number of nitrogens with one attached hydrogen (secondary N) is 1. The van der Waals surface area contributed by atoms with Gasteiger partial charge in [0, 0.05) is 26.2 Å². The number of benzene rings is 1. The molecule has 4 nitrogen and oxygen atoms in total. The molecular weight excluding hydrogens is 228 g/mol. The van der Waals surface area contributed by atoms with Gasteiger partial charge in [0.1, 0.15) is 5.75 Å². The molecule has 2 aliphatic heterocycles. The standard InChI is InChI=1S/C14H20N2O2/c1-17-13-4-2-3-12(9-13)14(10-18-11-14)16-7-5-15-6-8-16/h2-4,9,15H,5-8,10-11H2,1H3. The van der Waals surface area contributed by atoms with Crippen molar-refractivity contribution < 1.29 is 9.47 Å². The molecular formula is C14H20N2O2. The lowest BCUT2D eigenvalue weighted by Gasteiger charge is -2.51. The number of rotatable bonds is 3. The monoisotopic (exact) mass is 248 g/mol. The number of piperazine rings is 1. The summed E-state index contributed by atoms with van der Waals surface area (Å²) in [5.74, 6) is 0.925. The van der Waals surface area contributed by atoms with E-state index in [0.717, 1.165) is 45.1 Å². The summed E-state index contributed by atoms with van der Waals surface area (Å²) in [6.45, 7) is 5.87. The van der Waals surface area contributed by atoms with Gasteiger partial charge in [0.25, 0.3) is 0 Å². The lowest BCUT2D eigenvalue weighted by molar-refractivity contribution is -0.149. The molecule has 0 aliphatic carbocycles. The summed E-state index contributed by atoms with van der Waals surface area (Å²) < 4.78 is 10.9. The zero-order chi connectivity index (χ0) is 12.4. The van der Waals surface area contributed by atoms with Crippen LogP contribution in [0, 0.1) is 0 Å². The van der Waals surface area contributed by atoms with Gasteiger partial charge in [0.15, 0.2) is 0 Å². The van der Waals surface area contributed by atoms with Crippen LogP contribution in [0.2, 0.25) is 0 Å². The predicted molar refractivity (Wildman–Crippen MR) is 69.9 cm³/mol. The van der Waals surface area contributed by atoms with Crippen LogP contribution in [-0.2, 0) is 10.3 Å². The Labute approximate surface area is 108 Å². The van der Waals surface area contributed by atoms with Gasteiger partial charge in [-0.1, -0.05) is 12.1 Å². The Balaban J connectivity index is 1.89. The summed E-state index contributed by atoms with van der Waals surface area (Å²) >= 11 is 0. The normalized spacial score (nSPS) is 23.4. The van der Waals surface area contributed by atoms with Gasteiger partial charge in [-0.05, 0) is 17.7 Å². The molecule has 0 radical (unpaired) electrons. The smallest absolute Gasteiger partial charge is 0.119 e. The third-order valence-corrected chi connectivity index (χ3v) is 4.01. The molecule has 0 bridgehead atoms. The van der Waals surface area contributed by atoms with Crippen molar-refractivity contribution >= 4 is 0 Å². The molecule has 0 aromatic heterocycles. The highest BCUT2D eigenvalue weighted by Gasteiger charge is 2.45. The SMILES string of the molecule is COc1cccc(C2(N3CCNCC3)COC2)c1. The van der Waals surface area contributed by atoms with Crippen molar-refractivity contribution in [3.8, 4) is 5.75 Å². The molecule has 0 amide bonds. The Morgan fingerprint density at radius 3 is 2.67 bits per heavy atom. The predicted octanol–water partition coefficient (Wildman–Crippen LogP) is 0.826. The van der Waals surface area contributed by atoms with Crippen molar-refractivity contribution in [1.82, 2.24) is 10.2 Å². The number of hydrogen-bond donors (Lipinski definition) is 1. The molecule has 0 atom stereocenters. The van der Waals surface area contributed by atoms with Crippen molar-refractivity contribution in [1.29, 1.82) is 0 Å². The van der Waals surface area contributed by atoms with Crippen LogP contribution in [-0.4, -0.2) is 51.4 Å². The highest BCUT2D eigenvalue weighted by molar-refractivity contribution is 5.35. The van der Waals surface area contributed by atoms with Crippen LogP contribution < -0.4 is 10.1 Å². The summed E-state index contributed by atoms with van der Waals surface area (Å²) in [4.78, 5) is 2.54. The van der Waals surface area contributed by atoms with E-state index < -0.39 is 0 Å². The molecule has 18 heavy (non-hydrogen) atoms. The Hall–Kier alpha value is -1.10. The number of methoxy groups -OCH3 is 1. The number of ether oxygens (including phenoxy) is 2. The lowest BCUT2D eigenvalue weighted by atomic mass is 9.85. The highest BCUT2D eigenvalue weighted by Crippen LogP contribution is 2.37. The second-order valence-corrected chi connectivity index (χ2v) is 4.99. The minimum Gasteiger partial charge on any atom is -0.497 e.